The fraction of sp³-hybridized carbons (Fsp3) is 0.480. The van der Waals surface area contributed by atoms with Crippen LogP contribution >= 0.6 is 24.8 Å². The average molecular weight is 572 g/mol. The molecular formula is C25H29Cl2F6N3O. The summed E-state index contributed by atoms with van der Waals surface area (Å²) in [7, 11) is 1.45. The first-order valence-corrected chi connectivity index (χ1v) is 11.5. The molecule has 206 valence electrons. The molecule has 0 spiro atoms. The topological polar surface area (TPSA) is 35.6 Å². The Kier molecular flexibility index (Phi) is 9.61. The maximum absolute atomic E-state index is 14.1. The van der Waals surface area contributed by atoms with Crippen LogP contribution < -0.4 is 5.32 Å². The fourth-order valence-electron chi connectivity index (χ4n) is 5.24. The normalized spacial score (nSPS) is 20.9. The van der Waals surface area contributed by atoms with Gasteiger partial charge in [0.15, 0.2) is 0 Å². The third-order valence-corrected chi connectivity index (χ3v) is 7.22. The first-order chi connectivity index (χ1) is 16.4. The van der Waals surface area contributed by atoms with Crippen LogP contribution in [0.25, 0.3) is 0 Å². The number of likely N-dealkylation sites (N-methyl/N-ethyl adjacent to an activating group) is 1. The Balaban J connectivity index is 0.00000241. The lowest BCUT2D eigenvalue weighted by atomic mass is 9.86. The molecule has 2 aromatic carbocycles. The van der Waals surface area contributed by atoms with Crippen molar-refractivity contribution in [3.8, 4) is 0 Å². The van der Waals surface area contributed by atoms with Crippen LogP contribution in [0.2, 0.25) is 0 Å². The Bertz CT molecular complexity index is 1070. The van der Waals surface area contributed by atoms with Crippen LogP contribution in [0, 0.1) is 0 Å². The van der Waals surface area contributed by atoms with E-state index in [1.807, 2.05) is 24.3 Å². The van der Waals surface area contributed by atoms with Gasteiger partial charge in [-0.2, -0.15) is 26.3 Å². The number of fused-ring (bicyclic) bond motifs is 1. The van der Waals surface area contributed by atoms with Crippen molar-refractivity contribution in [2.24, 2.45) is 0 Å². The molecule has 0 radical (unpaired) electrons. The Morgan fingerprint density at radius 2 is 1.51 bits per heavy atom. The van der Waals surface area contributed by atoms with Crippen molar-refractivity contribution in [3.05, 3.63) is 70.3 Å². The molecule has 2 atom stereocenters. The molecule has 2 aromatic rings. The molecule has 0 bridgehead atoms. The predicted molar refractivity (Wildman–Crippen MR) is 133 cm³/mol. The summed E-state index contributed by atoms with van der Waals surface area (Å²) in [4.78, 5) is 17.5. The molecule has 1 saturated heterocycles. The number of rotatable bonds is 4. The smallest absolute Gasteiger partial charge is 0.337 e. The SMILES string of the molecule is CC(c1cc(C(F)(F)F)cc(C(F)(F)F)c1)N(C)C(=O)[C@@]1(N2CCNCC2)CCc2ccccc21.Cl.Cl. The van der Waals surface area contributed by atoms with Crippen LogP contribution in [0.3, 0.4) is 0 Å². The van der Waals surface area contributed by atoms with Gasteiger partial charge in [-0.25, -0.2) is 0 Å². The monoisotopic (exact) mass is 571 g/mol. The number of carbonyl (C=O) groups excluding carboxylic acids is 1. The van der Waals surface area contributed by atoms with E-state index < -0.39 is 35.1 Å². The van der Waals surface area contributed by atoms with E-state index in [1.54, 1.807) is 0 Å². The zero-order valence-corrected chi connectivity index (χ0v) is 21.9. The molecule has 4 rings (SSSR count). The maximum Gasteiger partial charge on any atom is 0.416 e. The van der Waals surface area contributed by atoms with Crippen molar-refractivity contribution < 1.29 is 31.1 Å². The van der Waals surface area contributed by atoms with E-state index in [0.717, 1.165) is 11.1 Å². The summed E-state index contributed by atoms with van der Waals surface area (Å²) in [6, 6.07) is 8.08. The molecule has 37 heavy (non-hydrogen) atoms. The lowest BCUT2D eigenvalue weighted by Gasteiger charge is -2.45. The number of benzene rings is 2. The average Bonchev–Trinajstić information content (AvgIpc) is 3.22. The first kappa shape index (κ1) is 31.2. The number of aryl methyl sites for hydroxylation is 1. The van der Waals surface area contributed by atoms with Crippen molar-refractivity contribution in [2.75, 3.05) is 33.2 Å². The van der Waals surface area contributed by atoms with Gasteiger partial charge in [0.2, 0.25) is 5.91 Å². The molecule has 1 amide bonds. The summed E-state index contributed by atoms with van der Waals surface area (Å²) >= 11 is 0. The van der Waals surface area contributed by atoms with Crippen molar-refractivity contribution >= 4 is 30.7 Å². The Labute approximate surface area is 224 Å². The minimum atomic E-state index is -4.95. The molecule has 1 unspecified atom stereocenters. The third kappa shape index (κ3) is 5.87. The number of nitrogens with zero attached hydrogens (tertiary/aromatic N) is 2. The molecule has 1 N–H and O–H groups in total. The summed E-state index contributed by atoms with van der Waals surface area (Å²) < 4.78 is 80.5. The highest BCUT2D eigenvalue weighted by atomic mass is 35.5. The largest absolute Gasteiger partial charge is 0.416 e. The van der Waals surface area contributed by atoms with Crippen LogP contribution in [0.15, 0.2) is 42.5 Å². The first-order valence-electron chi connectivity index (χ1n) is 11.5. The van der Waals surface area contributed by atoms with E-state index in [1.165, 1.54) is 18.9 Å². The third-order valence-electron chi connectivity index (χ3n) is 7.22. The molecule has 12 heteroatoms. The second-order valence-corrected chi connectivity index (χ2v) is 9.19. The summed E-state index contributed by atoms with van der Waals surface area (Å²) in [5.74, 6) is -0.331. The number of nitrogens with one attached hydrogen (secondary N) is 1. The second kappa shape index (κ2) is 11.4. The second-order valence-electron chi connectivity index (χ2n) is 9.19. The Morgan fingerprint density at radius 3 is 2.05 bits per heavy atom. The number of carbonyl (C=O) groups is 1. The maximum atomic E-state index is 14.1. The number of hydrogen-bond donors (Lipinski definition) is 1. The van der Waals surface area contributed by atoms with Gasteiger partial charge < -0.3 is 10.2 Å². The number of amides is 1. The highest BCUT2D eigenvalue weighted by molar-refractivity contribution is 5.89. The Hall–Kier alpha value is -2.01. The van der Waals surface area contributed by atoms with Gasteiger partial charge in [0, 0.05) is 33.2 Å². The van der Waals surface area contributed by atoms with Crippen molar-refractivity contribution in [1.29, 1.82) is 0 Å². The van der Waals surface area contributed by atoms with Crippen LogP contribution in [-0.2, 0) is 29.1 Å². The predicted octanol–water partition coefficient (Wildman–Crippen LogP) is 5.83. The quantitative estimate of drug-likeness (QED) is 0.469. The number of alkyl halides is 6. The standard InChI is InChI=1S/C25H27F6N3O.2ClH/c1-16(18-13-19(24(26,27)28)15-20(14-18)25(29,30)31)33(2)22(35)23(34-11-9-32-10-12-34)8-7-17-5-3-4-6-21(17)23;;/h3-6,13-16,32H,7-12H2,1-2H3;2*1H/t16?,23-;;/m1../s1. The van der Waals surface area contributed by atoms with Crippen molar-refractivity contribution in [2.45, 2.75) is 43.7 Å². The summed E-state index contributed by atoms with van der Waals surface area (Å²) in [5, 5.41) is 3.26. The highest BCUT2D eigenvalue weighted by Gasteiger charge is 2.51. The summed E-state index contributed by atoms with van der Waals surface area (Å²) in [6.07, 6.45) is -8.75. The van der Waals surface area contributed by atoms with E-state index in [-0.39, 0.29) is 42.4 Å². The van der Waals surface area contributed by atoms with Crippen LogP contribution in [0.1, 0.15) is 47.2 Å². The van der Waals surface area contributed by atoms with Crippen molar-refractivity contribution in [3.63, 3.8) is 0 Å². The molecular weight excluding hydrogens is 543 g/mol. The lowest BCUT2D eigenvalue weighted by Crippen LogP contribution is -2.60. The van der Waals surface area contributed by atoms with Gasteiger partial charge >= 0.3 is 12.4 Å². The van der Waals surface area contributed by atoms with E-state index in [4.69, 9.17) is 0 Å². The summed E-state index contributed by atoms with van der Waals surface area (Å²) in [5.41, 5.74) is -2.14. The zero-order valence-electron chi connectivity index (χ0n) is 20.2. The number of hydrogen-bond acceptors (Lipinski definition) is 3. The van der Waals surface area contributed by atoms with Gasteiger partial charge in [0.1, 0.15) is 5.54 Å². The van der Waals surface area contributed by atoms with E-state index in [9.17, 15) is 31.1 Å². The van der Waals surface area contributed by atoms with E-state index in [2.05, 4.69) is 10.2 Å². The minimum Gasteiger partial charge on any atom is -0.337 e. The molecule has 4 nitrogen and oxygen atoms in total. The van der Waals surface area contributed by atoms with Crippen molar-refractivity contribution in [1.82, 2.24) is 15.1 Å². The summed E-state index contributed by atoms with van der Waals surface area (Å²) in [6.45, 7) is 4.02. The lowest BCUT2D eigenvalue weighted by molar-refractivity contribution is -0.147. The molecule has 1 aliphatic carbocycles. The van der Waals surface area contributed by atoms with Gasteiger partial charge in [0.25, 0.3) is 0 Å². The van der Waals surface area contributed by atoms with Crippen LogP contribution in [0.4, 0.5) is 26.3 Å². The van der Waals surface area contributed by atoms with Gasteiger partial charge in [-0.3, -0.25) is 9.69 Å². The Morgan fingerprint density at radius 1 is 0.973 bits per heavy atom. The molecule has 0 aromatic heterocycles. The van der Waals surface area contributed by atoms with Crippen LogP contribution in [0.5, 0.6) is 0 Å². The van der Waals surface area contributed by atoms with Gasteiger partial charge in [0.05, 0.1) is 17.2 Å². The number of halogens is 8. The van der Waals surface area contributed by atoms with Gasteiger partial charge in [-0.15, -0.1) is 24.8 Å². The molecule has 2 aliphatic rings. The van der Waals surface area contributed by atoms with Gasteiger partial charge in [-0.1, -0.05) is 24.3 Å². The van der Waals surface area contributed by atoms with Crippen LogP contribution in [-0.4, -0.2) is 48.9 Å². The minimum absolute atomic E-state index is 0. The van der Waals surface area contributed by atoms with E-state index in [0.29, 0.717) is 51.2 Å². The van der Waals surface area contributed by atoms with E-state index >= 15 is 0 Å². The number of piperazine rings is 1. The molecule has 1 heterocycles. The molecule has 1 aliphatic heterocycles. The molecule has 0 saturated carbocycles. The zero-order chi connectivity index (χ0) is 25.6. The van der Waals surface area contributed by atoms with Gasteiger partial charge in [-0.05, 0) is 54.7 Å². The fourth-order valence-corrected chi connectivity index (χ4v) is 5.24. The molecule has 1 fully saturated rings. The highest BCUT2D eigenvalue weighted by Crippen LogP contribution is 2.45.